The highest BCUT2D eigenvalue weighted by atomic mass is 32.1. The first kappa shape index (κ1) is 28.4. The molecule has 1 saturated carbocycles. The van der Waals surface area contributed by atoms with Gasteiger partial charge >= 0.3 is 0 Å². The topological polar surface area (TPSA) is 124 Å². The minimum atomic E-state index is -2.87. The van der Waals surface area contributed by atoms with Gasteiger partial charge in [0.2, 0.25) is 5.13 Å². The van der Waals surface area contributed by atoms with E-state index in [4.69, 9.17) is 9.47 Å². The third-order valence-electron chi connectivity index (χ3n) is 6.89. The summed E-state index contributed by atoms with van der Waals surface area (Å²) >= 11 is 1.12. The number of anilines is 2. The summed E-state index contributed by atoms with van der Waals surface area (Å²) in [6.07, 6.45) is 3.29. The first-order chi connectivity index (χ1) is 20.9. The van der Waals surface area contributed by atoms with E-state index < -0.39 is 18.0 Å². The summed E-state index contributed by atoms with van der Waals surface area (Å²) in [5.41, 5.74) is 0.293. The van der Waals surface area contributed by atoms with Crippen molar-refractivity contribution in [1.29, 1.82) is 0 Å². The van der Waals surface area contributed by atoms with Gasteiger partial charge in [-0.2, -0.15) is 0 Å². The van der Waals surface area contributed by atoms with Crippen molar-refractivity contribution in [2.45, 2.75) is 19.3 Å². The van der Waals surface area contributed by atoms with E-state index in [9.17, 15) is 18.4 Å². The van der Waals surface area contributed by atoms with Gasteiger partial charge < -0.3 is 14.4 Å². The van der Waals surface area contributed by atoms with Crippen LogP contribution in [0.1, 0.15) is 40.3 Å². The highest BCUT2D eigenvalue weighted by molar-refractivity contribution is 7.15. The Morgan fingerprint density at radius 1 is 1.14 bits per heavy atom. The predicted octanol–water partition coefficient (Wildman–Crippen LogP) is 3.94. The Morgan fingerprint density at radius 3 is 2.67 bits per heavy atom. The lowest BCUT2D eigenvalue weighted by Crippen LogP contribution is -2.37. The lowest BCUT2D eigenvalue weighted by molar-refractivity contribution is 0.102. The van der Waals surface area contributed by atoms with Crippen LogP contribution in [0, 0.1) is 17.8 Å². The number of alkyl halides is 2. The highest BCUT2D eigenvalue weighted by Crippen LogP contribution is 2.35. The van der Waals surface area contributed by atoms with Gasteiger partial charge in [-0.15, -0.1) is 10.2 Å². The molecule has 1 aliphatic heterocycles. The molecule has 2 fully saturated rings. The van der Waals surface area contributed by atoms with Crippen LogP contribution in [-0.2, 0) is 4.74 Å². The van der Waals surface area contributed by atoms with E-state index in [0.717, 1.165) is 42.1 Å². The molecule has 14 heteroatoms. The minimum Gasteiger partial charge on any atom is -0.494 e. The smallest absolute Gasteiger partial charge is 0.280 e. The van der Waals surface area contributed by atoms with Crippen LogP contribution >= 0.6 is 11.3 Å². The Labute approximate surface area is 248 Å². The van der Waals surface area contributed by atoms with Gasteiger partial charge in [0, 0.05) is 54.3 Å². The molecule has 11 nitrogen and oxygen atoms in total. The Hall–Kier alpha value is -4.74. The molecule has 1 aliphatic carbocycles. The molecule has 1 N–H and O–H groups in total. The Morgan fingerprint density at radius 2 is 1.95 bits per heavy atom. The van der Waals surface area contributed by atoms with Crippen molar-refractivity contribution < 1.29 is 23.0 Å². The Kier molecular flexibility index (Phi) is 8.08. The summed E-state index contributed by atoms with van der Waals surface area (Å²) in [5, 5.41) is 11.4. The maximum atomic E-state index is 13.7. The molecule has 0 unspecified atom stereocenters. The Balaban J connectivity index is 1.39. The zero-order valence-electron chi connectivity index (χ0n) is 22.9. The van der Waals surface area contributed by atoms with Gasteiger partial charge in [0.15, 0.2) is 5.01 Å². The summed E-state index contributed by atoms with van der Waals surface area (Å²) < 4.78 is 39.5. The molecule has 6 rings (SSSR count). The number of methoxy groups -OCH3 is 1. The van der Waals surface area contributed by atoms with Crippen LogP contribution in [0.2, 0.25) is 0 Å². The number of hydrogen-bond donors (Lipinski definition) is 1. The van der Waals surface area contributed by atoms with Gasteiger partial charge in [0.1, 0.15) is 17.3 Å². The van der Waals surface area contributed by atoms with Crippen molar-refractivity contribution in [3.8, 4) is 34.5 Å². The van der Waals surface area contributed by atoms with E-state index in [2.05, 4.69) is 37.3 Å². The summed E-state index contributed by atoms with van der Waals surface area (Å²) in [6, 6.07) is 5.91. The summed E-state index contributed by atoms with van der Waals surface area (Å²) in [4.78, 5) is 36.9. The van der Waals surface area contributed by atoms with Gasteiger partial charge in [0.25, 0.3) is 17.9 Å². The molecule has 1 saturated heterocycles. The molecule has 5 heterocycles. The van der Waals surface area contributed by atoms with Crippen molar-refractivity contribution in [2.75, 3.05) is 43.6 Å². The molecule has 0 spiro atoms. The summed E-state index contributed by atoms with van der Waals surface area (Å²) in [6.45, 7) is 2.45. The monoisotopic (exact) mass is 605 g/mol. The SMILES string of the molecule is COc1cnc(C(F)F)cc1-c1cc(-n2ccc(N3CCOCC3)cc2=O)ncc1C(=O)Nc1nnc(C#CC2CC2)s1. The molecular weight excluding hydrogens is 580 g/mol. The number of nitrogens with one attached hydrogen (secondary N) is 1. The van der Waals surface area contributed by atoms with Crippen LogP contribution in [0.5, 0.6) is 5.75 Å². The van der Waals surface area contributed by atoms with Gasteiger partial charge in [-0.1, -0.05) is 17.3 Å². The molecular formula is C29H25F2N7O4S. The van der Waals surface area contributed by atoms with Crippen LogP contribution < -0.4 is 20.5 Å². The van der Waals surface area contributed by atoms with Crippen LogP contribution in [0.4, 0.5) is 19.6 Å². The Bertz CT molecular complexity index is 1790. The molecule has 0 aromatic carbocycles. The highest BCUT2D eigenvalue weighted by Gasteiger charge is 2.23. The fraction of sp³-hybridized carbons (Fsp3) is 0.310. The van der Waals surface area contributed by atoms with Crippen LogP contribution in [-0.4, -0.2) is 64.1 Å². The van der Waals surface area contributed by atoms with Crippen LogP contribution in [0.25, 0.3) is 16.9 Å². The van der Waals surface area contributed by atoms with E-state index in [0.29, 0.717) is 37.2 Å². The number of amides is 1. The first-order valence-corrected chi connectivity index (χ1v) is 14.3. The van der Waals surface area contributed by atoms with Crippen LogP contribution in [0.3, 0.4) is 0 Å². The average molecular weight is 606 g/mol. The second kappa shape index (κ2) is 12.2. The van der Waals surface area contributed by atoms with Crippen molar-refractivity contribution >= 4 is 28.1 Å². The van der Waals surface area contributed by atoms with Crippen molar-refractivity contribution in [3.63, 3.8) is 0 Å². The number of rotatable bonds is 7. The van der Waals surface area contributed by atoms with E-state index in [-0.39, 0.29) is 38.9 Å². The number of morpholine rings is 1. The van der Waals surface area contributed by atoms with Gasteiger partial charge in [-0.3, -0.25) is 24.5 Å². The van der Waals surface area contributed by atoms with E-state index >= 15 is 0 Å². The molecule has 2 aliphatic rings. The fourth-order valence-corrected chi connectivity index (χ4v) is 5.09. The lowest BCUT2D eigenvalue weighted by atomic mass is 10.00. The maximum Gasteiger partial charge on any atom is 0.280 e. The number of carbonyl (C=O) groups is 1. The molecule has 220 valence electrons. The second-order valence-electron chi connectivity index (χ2n) is 9.80. The third-order valence-corrected chi connectivity index (χ3v) is 7.64. The number of hydrogen-bond acceptors (Lipinski definition) is 10. The zero-order valence-corrected chi connectivity index (χ0v) is 23.7. The number of aromatic nitrogens is 5. The van der Waals surface area contributed by atoms with E-state index in [1.54, 1.807) is 12.3 Å². The van der Waals surface area contributed by atoms with Gasteiger partial charge in [-0.05, 0) is 37.0 Å². The molecule has 1 amide bonds. The molecule has 0 bridgehead atoms. The molecule has 0 radical (unpaired) electrons. The summed E-state index contributed by atoms with van der Waals surface area (Å²) in [7, 11) is 1.37. The average Bonchev–Trinajstić information content (AvgIpc) is 3.76. The van der Waals surface area contributed by atoms with Crippen molar-refractivity contribution in [2.24, 2.45) is 5.92 Å². The normalized spacial score (nSPS) is 14.7. The predicted molar refractivity (Wildman–Crippen MR) is 155 cm³/mol. The van der Waals surface area contributed by atoms with Gasteiger partial charge in [-0.25, -0.2) is 13.8 Å². The fourth-order valence-electron chi connectivity index (χ4n) is 4.49. The third kappa shape index (κ3) is 6.37. The van der Waals surface area contributed by atoms with Crippen molar-refractivity contribution in [1.82, 2.24) is 24.7 Å². The van der Waals surface area contributed by atoms with Crippen LogP contribution in [0.15, 0.2) is 47.7 Å². The maximum absolute atomic E-state index is 13.7. The van der Waals surface area contributed by atoms with Crippen molar-refractivity contribution in [3.05, 3.63) is 69.5 Å². The molecule has 43 heavy (non-hydrogen) atoms. The lowest BCUT2D eigenvalue weighted by Gasteiger charge is -2.28. The molecule has 0 atom stereocenters. The second-order valence-corrected chi connectivity index (χ2v) is 10.8. The zero-order chi connectivity index (χ0) is 29.9. The molecule has 4 aromatic rings. The number of halogens is 2. The minimum absolute atomic E-state index is 0.0345. The van der Waals surface area contributed by atoms with E-state index in [1.165, 1.54) is 30.0 Å². The number of pyridine rings is 3. The number of nitrogens with zero attached hydrogens (tertiary/aromatic N) is 6. The van der Waals surface area contributed by atoms with E-state index in [1.807, 2.05) is 4.90 Å². The molecule has 4 aromatic heterocycles. The summed E-state index contributed by atoms with van der Waals surface area (Å²) in [5.74, 6) is 6.15. The van der Waals surface area contributed by atoms with Gasteiger partial charge in [0.05, 0.1) is 32.1 Å². The standard InChI is InChI=1S/C29H25F2N7O4S/c1-41-23-16-32-22(27(30)31)13-20(23)19-14-24(38-7-6-18(12-26(38)39)37-8-10-42-11-9-37)33-15-21(19)28(40)34-29-36-35-25(43-29)5-4-17-2-3-17/h6-7,12-17,27H,2-3,8-11H2,1H3,(H,34,36,40). The quantitative estimate of drug-likeness (QED) is 0.312. The largest absolute Gasteiger partial charge is 0.494 e. The number of ether oxygens (including phenoxy) is 2. The number of carbonyl (C=O) groups excluding carboxylic acids is 1. The first-order valence-electron chi connectivity index (χ1n) is 13.4.